The van der Waals surface area contributed by atoms with Gasteiger partial charge in [0.05, 0.1) is 7.11 Å². The maximum atomic E-state index is 11.0. The molecule has 13 heavy (non-hydrogen) atoms. The third kappa shape index (κ3) is 2.32. The summed E-state index contributed by atoms with van der Waals surface area (Å²) in [5.41, 5.74) is 5.42. The Morgan fingerprint density at radius 3 is 2.77 bits per heavy atom. The summed E-state index contributed by atoms with van der Waals surface area (Å²) in [6, 6.07) is 0.447. The van der Waals surface area contributed by atoms with E-state index >= 15 is 0 Å². The molecule has 0 radical (unpaired) electrons. The van der Waals surface area contributed by atoms with E-state index in [0.717, 1.165) is 19.6 Å². The Morgan fingerprint density at radius 2 is 2.31 bits per heavy atom. The molecule has 0 atom stereocenters. The maximum Gasteiger partial charge on any atom is 0.409 e. The first-order chi connectivity index (χ1) is 6.19. The third-order valence-electron chi connectivity index (χ3n) is 2.40. The number of hydrogen-bond donors (Lipinski definition) is 1. The summed E-state index contributed by atoms with van der Waals surface area (Å²) in [5, 5.41) is 0. The molecule has 0 aromatic heterocycles. The molecule has 1 aliphatic rings. The zero-order valence-electron chi connectivity index (χ0n) is 8.19. The summed E-state index contributed by atoms with van der Waals surface area (Å²) in [6.07, 6.45) is -0.239. The van der Waals surface area contributed by atoms with Crippen LogP contribution in [0.25, 0.3) is 0 Å². The molecule has 5 nitrogen and oxygen atoms in total. The van der Waals surface area contributed by atoms with Crippen molar-refractivity contribution < 1.29 is 9.53 Å². The molecule has 1 aliphatic heterocycles. The fourth-order valence-electron chi connectivity index (χ4n) is 1.40. The van der Waals surface area contributed by atoms with Crippen LogP contribution in [0.3, 0.4) is 0 Å². The molecule has 0 bridgehead atoms. The predicted octanol–water partition coefficient (Wildman–Crippen LogP) is -0.672. The first-order valence-electron chi connectivity index (χ1n) is 4.42. The number of nitrogens with zero attached hydrogens (tertiary/aromatic N) is 2. The van der Waals surface area contributed by atoms with Crippen molar-refractivity contribution in [2.45, 2.75) is 6.04 Å². The number of hydrogen-bond acceptors (Lipinski definition) is 4. The number of rotatable bonds is 3. The molecule has 0 spiro atoms. The average Bonchev–Trinajstić information content (AvgIpc) is 2.01. The first kappa shape index (κ1) is 10.3. The molecule has 1 heterocycles. The quantitative estimate of drug-likeness (QED) is 0.636. The molecule has 0 aliphatic carbocycles. The molecule has 0 unspecified atom stereocenters. The van der Waals surface area contributed by atoms with E-state index in [1.165, 1.54) is 7.11 Å². The summed E-state index contributed by atoms with van der Waals surface area (Å²) < 4.78 is 4.59. The van der Waals surface area contributed by atoms with Crippen molar-refractivity contribution in [2.75, 3.05) is 40.3 Å². The van der Waals surface area contributed by atoms with Crippen LogP contribution in [0.5, 0.6) is 0 Å². The molecule has 2 N–H and O–H groups in total. The Morgan fingerprint density at radius 1 is 1.69 bits per heavy atom. The SMILES string of the molecule is COC(=O)N1CC(N(C)CCN)C1. The Hall–Kier alpha value is -0.810. The number of likely N-dealkylation sites (N-methyl/N-ethyl adjacent to an activating group) is 1. The molecular formula is C8H17N3O2. The van der Waals surface area contributed by atoms with E-state index in [-0.39, 0.29) is 6.09 Å². The minimum atomic E-state index is -0.239. The van der Waals surface area contributed by atoms with Gasteiger partial charge >= 0.3 is 6.09 Å². The van der Waals surface area contributed by atoms with Crippen molar-refractivity contribution >= 4 is 6.09 Å². The van der Waals surface area contributed by atoms with Gasteiger partial charge in [0.1, 0.15) is 0 Å². The lowest BCUT2D eigenvalue weighted by molar-refractivity contribution is 0.0412. The Kier molecular flexibility index (Phi) is 3.50. The number of carbonyl (C=O) groups is 1. The second-order valence-corrected chi connectivity index (χ2v) is 3.30. The third-order valence-corrected chi connectivity index (χ3v) is 2.40. The summed E-state index contributed by atoms with van der Waals surface area (Å²) in [5.74, 6) is 0. The Bertz CT molecular complexity index is 180. The van der Waals surface area contributed by atoms with Gasteiger partial charge in [0, 0.05) is 32.2 Å². The van der Waals surface area contributed by atoms with Crippen molar-refractivity contribution in [3.8, 4) is 0 Å². The van der Waals surface area contributed by atoms with E-state index in [4.69, 9.17) is 5.73 Å². The fraction of sp³-hybridized carbons (Fsp3) is 0.875. The van der Waals surface area contributed by atoms with E-state index in [0.29, 0.717) is 12.6 Å². The van der Waals surface area contributed by atoms with Crippen molar-refractivity contribution in [1.29, 1.82) is 0 Å². The summed E-state index contributed by atoms with van der Waals surface area (Å²) >= 11 is 0. The lowest BCUT2D eigenvalue weighted by Crippen LogP contribution is -2.60. The van der Waals surface area contributed by atoms with Gasteiger partial charge in [-0.1, -0.05) is 0 Å². The van der Waals surface area contributed by atoms with Gasteiger partial charge in [0.25, 0.3) is 0 Å². The molecule has 1 saturated heterocycles. The van der Waals surface area contributed by atoms with E-state index in [1.807, 2.05) is 7.05 Å². The summed E-state index contributed by atoms with van der Waals surface area (Å²) in [6.45, 7) is 3.04. The van der Waals surface area contributed by atoms with Crippen LogP contribution in [0.4, 0.5) is 4.79 Å². The molecule has 0 aromatic rings. The molecule has 1 fully saturated rings. The summed E-state index contributed by atoms with van der Waals surface area (Å²) in [4.78, 5) is 14.8. The van der Waals surface area contributed by atoms with Crippen LogP contribution in [-0.4, -0.2) is 62.3 Å². The largest absolute Gasteiger partial charge is 0.453 e. The van der Waals surface area contributed by atoms with Gasteiger partial charge in [-0.2, -0.15) is 0 Å². The second kappa shape index (κ2) is 4.43. The van der Waals surface area contributed by atoms with Crippen LogP contribution in [0.15, 0.2) is 0 Å². The van der Waals surface area contributed by atoms with Gasteiger partial charge in [-0.05, 0) is 7.05 Å². The minimum Gasteiger partial charge on any atom is -0.453 e. The zero-order valence-corrected chi connectivity index (χ0v) is 8.19. The summed E-state index contributed by atoms with van der Waals surface area (Å²) in [7, 11) is 3.42. The molecular weight excluding hydrogens is 170 g/mol. The average molecular weight is 187 g/mol. The van der Waals surface area contributed by atoms with Gasteiger partial charge < -0.3 is 15.4 Å². The molecule has 0 aromatic carbocycles. The van der Waals surface area contributed by atoms with E-state index < -0.39 is 0 Å². The lowest BCUT2D eigenvalue weighted by atomic mass is 10.1. The highest BCUT2D eigenvalue weighted by Crippen LogP contribution is 2.13. The molecule has 1 rings (SSSR count). The molecule has 0 saturated carbocycles. The van der Waals surface area contributed by atoms with Crippen LogP contribution >= 0.6 is 0 Å². The van der Waals surface area contributed by atoms with Crippen LogP contribution < -0.4 is 5.73 Å². The highest BCUT2D eigenvalue weighted by Gasteiger charge is 2.33. The number of carbonyl (C=O) groups excluding carboxylic acids is 1. The first-order valence-corrected chi connectivity index (χ1v) is 4.42. The van der Waals surface area contributed by atoms with Gasteiger partial charge in [0.2, 0.25) is 0 Å². The smallest absolute Gasteiger partial charge is 0.409 e. The molecule has 76 valence electrons. The molecule has 1 amide bonds. The standard InChI is InChI=1S/C8H17N3O2/c1-10(4-3-9)7-5-11(6-7)8(12)13-2/h7H,3-6,9H2,1-2H3. The maximum absolute atomic E-state index is 11.0. The Labute approximate surface area is 78.4 Å². The number of likely N-dealkylation sites (tertiary alicyclic amines) is 1. The minimum absolute atomic E-state index is 0.239. The Balaban J connectivity index is 2.21. The van der Waals surface area contributed by atoms with Crippen molar-refractivity contribution in [3.63, 3.8) is 0 Å². The zero-order chi connectivity index (χ0) is 9.84. The predicted molar refractivity (Wildman–Crippen MR) is 49.5 cm³/mol. The topological polar surface area (TPSA) is 58.8 Å². The van der Waals surface area contributed by atoms with Gasteiger partial charge in [-0.3, -0.25) is 4.90 Å². The molecule has 5 heteroatoms. The van der Waals surface area contributed by atoms with Crippen molar-refractivity contribution in [2.24, 2.45) is 5.73 Å². The van der Waals surface area contributed by atoms with Crippen LogP contribution in [0.1, 0.15) is 0 Å². The number of nitrogens with two attached hydrogens (primary N) is 1. The lowest BCUT2D eigenvalue weighted by Gasteiger charge is -2.42. The van der Waals surface area contributed by atoms with Crippen LogP contribution in [-0.2, 0) is 4.74 Å². The normalized spacial score (nSPS) is 17.4. The van der Waals surface area contributed by atoms with Gasteiger partial charge in [-0.15, -0.1) is 0 Å². The van der Waals surface area contributed by atoms with Crippen LogP contribution in [0, 0.1) is 0 Å². The fourth-order valence-corrected chi connectivity index (χ4v) is 1.40. The number of amides is 1. The van der Waals surface area contributed by atoms with Crippen molar-refractivity contribution in [3.05, 3.63) is 0 Å². The van der Waals surface area contributed by atoms with Gasteiger partial charge in [-0.25, -0.2) is 4.79 Å². The van der Waals surface area contributed by atoms with E-state index in [9.17, 15) is 4.79 Å². The van der Waals surface area contributed by atoms with E-state index in [2.05, 4.69) is 9.64 Å². The van der Waals surface area contributed by atoms with Crippen molar-refractivity contribution in [1.82, 2.24) is 9.80 Å². The van der Waals surface area contributed by atoms with Gasteiger partial charge in [0.15, 0.2) is 0 Å². The highest BCUT2D eigenvalue weighted by molar-refractivity contribution is 5.68. The number of methoxy groups -OCH3 is 1. The second-order valence-electron chi connectivity index (χ2n) is 3.30. The van der Waals surface area contributed by atoms with Crippen LogP contribution in [0.2, 0.25) is 0 Å². The number of ether oxygens (including phenoxy) is 1. The monoisotopic (exact) mass is 187 g/mol. The van der Waals surface area contributed by atoms with E-state index in [1.54, 1.807) is 4.90 Å². The highest BCUT2D eigenvalue weighted by atomic mass is 16.5.